The Hall–Kier alpha value is -1.62. The fourth-order valence-corrected chi connectivity index (χ4v) is 2.05. The molecule has 1 atom stereocenters. The van der Waals surface area contributed by atoms with Crippen LogP contribution in [0.25, 0.3) is 0 Å². The zero-order valence-corrected chi connectivity index (χ0v) is 13.8. The van der Waals surface area contributed by atoms with Gasteiger partial charge in [-0.15, -0.1) is 24.8 Å². The fourth-order valence-electron chi connectivity index (χ4n) is 2.05. The number of carbonyl (C=O) groups is 1. The molecule has 3 N–H and O–H groups in total. The van der Waals surface area contributed by atoms with E-state index >= 15 is 0 Å². The molecule has 6 heteroatoms. The first-order chi connectivity index (χ1) is 9.81. The topological polar surface area (TPSA) is 68.0 Å². The minimum absolute atomic E-state index is 0. The molecule has 0 aliphatic carbocycles. The molecule has 0 bridgehead atoms. The molecule has 1 heterocycles. The lowest BCUT2D eigenvalue weighted by atomic mass is 10.00. The van der Waals surface area contributed by atoms with Gasteiger partial charge in [0.05, 0.1) is 6.04 Å². The molecule has 0 aliphatic heterocycles. The van der Waals surface area contributed by atoms with Gasteiger partial charge in [0.25, 0.3) is 0 Å². The first-order valence-electron chi connectivity index (χ1n) is 6.75. The summed E-state index contributed by atoms with van der Waals surface area (Å²) in [6.45, 7) is 0.524. The predicted octanol–water partition coefficient (Wildman–Crippen LogP) is 2.87. The number of nitrogens with one attached hydrogen (secondary N) is 1. The van der Waals surface area contributed by atoms with Gasteiger partial charge in [0.1, 0.15) is 0 Å². The Labute approximate surface area is 143 Å². The largest absolute Gasteiger partial charge is 0.345 e. The second-order valence-corrected chi connectivity index (χ2v) is 4.59. The first kappa shape index (κ1) is 20.4. The molecule has 1 aromatic carbocycles. The van der Waals surface area contributed by atoms with Crippen LogP contribution in [0.1, 0.15) is 30.0 Å². The van der Waals surface area contributed by atoms with E-state index in [0.29, 0.717) is 19.4 Å². The Morgan fingerprint density at radius 2 is 1.77 bits per heavy atom. The van der Waals surface area contributed by atoms with E-state index < -0.39 is 0 Å². The van der Waals surface area contributed by atoms with E-state index in [2.05, 4.69) is 10.3 Å². The van der Waals surface area contributed by atoms with Crippen molar-refractivity contribution in [3.63, 3.8) is 0 Å². The van der Waals surface area contributed by atoms with Gasteiger partial charge in [-0.3, -0.25) is 9.78 Å². The van der Waals surface area contributed by atoms with Crippen molar-refractivity contribution in [3.05, 3.63) is 66.0 Å². The molecule has 120 valence electrons. The zero-order valence-electron chi connectivity index (χ0n) is 12.1. The number of hydrogen-bond donors (Lipinski definition) is 2. The lowest BCUT2D eigenvalue weighted by molar-refractivity contribution is -0.121. The van der Waals surface area contributed by atoms with Crippen LogP contribution >= 0.6 is 24.8 Å². The summed E-state index contributed by atoms with van der Waals surface area (Å²) in [6, 6.07) is 13.6. The quantitative estimate of drug-likeness (QED) is 0.848. The third-order valence-electron chi connectivity index (χ3n) is 3.06. The summed E-state index contributed by atoms with van der Waals surface area (Å²) in [5.74, 6) is 0.00755. The highest BCUT2D eigenvalue weighted by Gasteiger charge is 2.16. The number of nitrogens with zero attached hydrogens (tertiary/aromatic N) is 1. The second-order valence-electron chi connectivity index (χ2n) is 4.59. The van der Waals surface area contributed by atoms with Gasteiger partial charge in [-0.05, 0) is 30.2 Å². The molecule has 1 aromatic heterocycles. The fraction of sp³-hybridized carbons (Fsp3) is 0.250. The van der Waals surface area contributed by atoms with Crippen LogP contribution in [0.2, 0.25) is 0 Å². The van der Waals surface area contributed by atoms with Crippen molar-refractivity contribution in [2.45, 2.75) is 18.9 Å². The van der Waals surface area contributed by atoms with E-state index in [0.717, 1.165) is 11.1 Å². The zero-order chi connectivity index (χ0) is 14.2. The Morgan fingerprint density at radius 3 is 2.36 bits per heavy atom. The molecule has 2 aromatic rings. The van der Waals surface area contributed by atoms with Gasteiger partial charge in [-0.25, -0.2) is 0 Å². The summed E-state index contributed by atoms with van der Waals surface area (Å²) in [4.78, 5) is 16.1. The van der Waals surface area contributed by atoms with E-state index in [1.165, 1.54) is 0 Å². The van der Waals surface area contributed by atoms with Gasteiger partial charge in [-0.2, -0.15) is 0 Å². The van der Waals surface area contributed by atoms with Crippen molar-refractivity contribution >= 4 is 30.7 Å². The van der Waals surface area contributed by atoms with Gasteiger partial charge in [-0.1, -0.05) is 36.4 Å². The minimum Gasteiger partial charge on any atom is -0.345 e. The van der Waals surface area contributed by atoms with Crippen LogP contribution in [-0.2, 0) is 4.79 Å². The maximum absolute atomic E-state index is 12.0. The molecule has 0 spiro atoms. The van der Waals surface area contributed by atoms with Crippen molar-refractivity contribution < 1.29 is 4.79 Å². The average Bonchev–Trinajstić information content (AvgIpc) is 2.52. The smallest absolute Gasteiger partial charge is 0.220 e. The number of carbonyl (C=O) groups excluding carboxylic acids is 1. The number of benzene rings is 1. The summed E-state index contributed by atoms with van der Waals surface area (Å²) in [6.07, 6.45) is 4.64. The molecule has 0 fully saturated rings. The van der Waals surface area contributed by atoms with Crippen LogP contribution in [0, 0.1) is 0 Å². The summed E-state index contributed by atoms with van der Waals surface area (Å²) in [7, 11) is 0. The number of halogens is 2. The predicted molar refractivity (Wildman–Crippen MR) is 93.4 cm³/mol. The molecule has 4 nitrogen and oxygen atoms in total. The van der Waals surface area contributed by atoms with Crippen LogP contribution < -0.4 is 11.1 Å². The van der Waals surface area contributed by atoms with Gasteiger partial charge in [0, 0.05) is 18.8 Å². The standard InChI is InChI=1S/C16H19N3O.2ClH/c17-10-4-9-15(20)19-16(13-6-2-1-3-7-13)14-8-5-11-18-12-14;;/h1-3,5-8,11-12,16H,4,9-10,17H2,(H,19,20);2*1H. The maximum Gasteiger partial charge on any atom is 0.220 e. The Morgan fingerprint density at radius 1 is 1.09 bits per heavy atom. The molecular weight excluding hydrogens is 321 g/mol. The van der Waals surface area contributed by atoms with Crippen LogP contribution in [-0.4, -0.2) is 17.4 Å². The van der Waals surface area contributed by atoms with E-state index in [4.69, 9.17) is 5.73 Å². The number of amides is 1. The number of pyridine rings is 1. The number of rotatable bonds is 6. The monoisotopic (exact) mass is 341 g/mol. The molecular formula is C16H21Cl2N3O. The van der Waals surface area contributed by atoms with Crippen LogP contribution in [0.15, 0.2) is 54.9 Å². The number of nitrogens with two attached hydrogens (primary N) is 1. The second kappa shape index (κ2) is 11.0. The molecule has 2 rings (SSSR count). The van der Waals surface area contributed by atoms with Gasteiger partial charge >= 0.3 is 0 Å². The highest BCUT2D eigenvalue weighted by molar-refractivity contribution is 5.85. The lowest BCUT2D eigenvalue weighted by Crippen LogP contribution is -2.29. The highest BCUT2D eigenvalue weighted by Crippen LogP contribution is 2.21. The lowest BCUT2D eigenvalue weighted by Gasteiger charge is -2.19. The van der Waals surface area contributed by atoms with Gasteiger partial charge < -0.3 is 11.1 Å². The van der Waals surface area contributed by atoms with E-state index in [1.54, 1.807) is 12.4 Å². The van der Waals surface area contributed by atoms with Gasteiger partial charge in [0.2, 0.25) is 5.91 Å². The van der Waals surface area contributed by atoms with Gasteiger partial charge in [0.15, 0.2) is 0 Å². The number of aromatic nitrogens is 1. The van der Waals surface area contributed by atoms with Crippen molar-refractivity contribution in [2.24, 2.45) is 5.73 Å². The van der Waals surface area contributed by atoms with Crippen LogP contribution in [0.4, 0.5) is 0 Å². The molecule has 1 unspecified atom stereocenters. The maximum atomic E-state index is 12.0. The summed E-state index contributed by atoms with van der Waals surface area (Å²) >= 11 is 0. The normalized spacial score (nSPS) is 10.8. The minimum atomic E-state index is -0.171. The molecule has 1 amide bonds. The Balaban J connectivity index is 0.00000220. The molecule has 0 saturated carbocycles. The molecule has 0 radical (unpaired) electrons. The SMILES string of the molecule is Cl.Cl.NCCCC(=O)NC(c1ccccc1)c1cccnc1. The third-order valence-corrected chi connectivity index (χ3v) is 3.06. The van der Waals surface area contributed by atoms with Crippen molar-refractivity contribution in [1.29, 1.82) is 0 Å². The summed E-state index contributed by atoms with van der Waals surface area (Å²) in [5, 5.41) is 3.05. The molecule has 22 heavy (non-hydrogen) atoms. The van der Waals surface area contributed by atoms with Crippen molar-refractivity contribution in [3.8, 4) is 0 Å². The summed E-state index contributed by atoms with van der Waals surface area (Å²) < 4.78 is 0. The van der Waals surface area contributed by atoms with E-state index in [-0.39, 0.29) is 36.8 Å². The third kappa shape index (κ3) is 6.02. The summed E-state index contributed by atoms with van der Waals surface area (Å²) in [5.41, 5.74) is 7.46. The van der Waals surface area contributed by atoms with E-state index in [1.807, 2.05) is 42.5 Å². The van der Waals surface area contributed by atoms with Crippen molar-refractivity contribution in [2.75, 3.05) is 6.54 Å². The number of hydrogen-bond acceptors (Lipinski definition) is 3. The molecule has 0 aliphatic rings. The first-order valence-corrected chi connectivity index (χ1v) is 6.75. The van der Waals surface area contributed by atoms with Crippen LogP contribution in [0.3, 0.4) is 0 Å². The van der Waals surface area contributed by atoms with E-state index in [9.17, 15) is 4.79 Å². The van der Waals surface area contributed by atoms with Crippen LogP contribution in [0.5, 0.6) is 0 Å². The van der Waals surface area contributed by atoms with Crippen molar-refractivity contribution in [1.82, 2.24) is 10.3 Å². The highest BCUT2D eigenvalue weighted by atomic mass is 35.5. The Kier molecular flexibility index (Phi) is 10.2. The average molecular weight is 342 g/mol. The molecule has 0 saturated heterocycles. The Bertz CT molecular complexity index is 498.